The third kappa shape index (κ3) is 6.24. The van der Waals surface area contributed by atoms with Gasteiger partial charge in [-0.2, -0.15) is 0 Å². The monoisotopic (exact) mass is 286 g/mol. The van der Waals surface area contributed by atoms with Crippen molar-refractivity contribution in [3.05, 3.63) is 11.6 Å². The molecule has 1 N–H and O–H groups in total. The lowest BCUT2D eigenvalue weighted by Gasteiger charge is -2.40. The van der Waals surface area contributed by atoms with Gasteiger partial charge < -0.3 is 9.53 Å². The molecule has 0 aromatic heterocycles. The van der Waals surface area contributed by atoms with Gasteiger partial charge in [0.1, 0.15) is 0 Å². The van der Waals surface area contributed by atoms with Crippen molar-refractivity contribution in [2.24, 2.45) is 5.92 Å². The normalized spacial score (nSPS) is 17.4. The van der Waals surface area contributed by atoms with Gasteiger partial charge in [-0.3, -0.25) is 0 Å². The average Bonchev–Trinajstić information content (AvgIpc) is 2.26. The summed E-state index contributed by atoms with van der Waals surface area (Å²) in [5.74, 6) is 0.362. The minimum atomic E-state index is -1.72. The SMILES string of the molecule is CCC[C@@H](O[Si](C)(C)C(C)(C)C)[C@H](C)/C=C(/C)CO. The molecule has 0 aliphatic heterocycles. The third-order valence-corrected chi connectivity index (χ3v) is 8.71. The highest BCUT2D eigenvalue weighted by Gasteiger charge is 2.39. The molecule has 0 aromatic carbocycles. The summed E-state index contributed by atoms with van der Waals surface area (Å²) in [6, 6.07) is 0. The Morgan fingerprint density at radius 3 is 2.21 bits per heavy atom. The second kappa shape index (κ2) is 7.60. The summed E-state index contributed by atoms with van der Waals surface area (Å²) >= 11 is 0. The molecule has 0 radical (unpaired) electrons. The van der Waals surface area contributed by atoms with Crippen molar-refractivity contribution in [1.29, 1.82) is 0 Å². The van der Waals surface area contributed by atoms with Gasteiger partial charge in [0.05, 0.1) is 12.7 Å². The van der Waals surface area contributed by atoms with Crippen molar-refractivity contribution in [3.8, 4) is 0 Å². The standard InChI is InChI=1S/C16H34O2Si/c1-9-10-15(14(3)11-13(2)12-17)18-19(7,8)16(4,5)6/h11,14-15,17H,9-10,12H2,1-8H3/b13-11-/t14-,15-/m1/s1. The van der Waals surface area contributed by atoms with Gasteiger partial charge in [-0.15, -0.1) is 0 Å². The molecule has 0 saturated heterocycles. The fraction of sp³-hybridized carbons (Fsp3) is 0.875. The molecule has 2 nitrogen and oxygen atoms in total. The lowest BCUT2D eigenvalue weighted by molar-refractivity contribution is 0.135. The van der Waals surface area contributed by atoms with Crippen LogP contribution in [0.25, 0.3) is 0 Å². The zero-order valence-electron chi connectivity index (χ0n) is 14.2. The van der Waals surface area contributed by atoms with Crippen molar-refractivity contribution < 1.29 is 9.53 Å². The molecule has 0 amide bonds. The highest BCUT2D eigenvalue weighted by Crippen LogP contribution is 2.38. The molecule has 3 heteroatoms. The molecule has 2 atom stereocenters. The van der Waals surface area contributed by atoms with E-state index >= 15 is 0 Å². The maximum atomic E-state index is 9.16. The van der Waals surface area contributed by atoms with Gasteiger partial charge in [-0.1, -0.05) is 52.7 Å². The number of aliphatic hydroxyl groups excluding tert-OH is 1. The molecule has 0 fully saturated rings. The van der Waals surface area contributed by atoms with E-state index in [4.69, 9.17) is 9.53 Å². The van der Waals surface area contributed by atoms with Gasteiger partial charge in [0.2, 0.25) is 0 Å². The van der Waals surface area contributed by atoms with Gasteiger partial charge in [-0.05, 0) is 37.4 Å². The first-order valence-corrected chi connectivity index (χ1v) is 10.4. The van der Waals surface area contributed by atoms with Crippen LogP contribution in [0.3, 0.4) is 0 Å². The van der Waals surface area contributed by atoms with Crippen LogP contribution in [0.2, 0.25) is 18.1 Å². The molecular formula is C16H34O2Si. The molecule has 0 aliphatic carbocycles. The minimum Gasteiger partial charge on any atom is -0.413 e. The molecule has 0 aromatic rings. The Morgan fingerprint density at radius 2 is 1.84 bits per heavy atom. The van der Waals surface area contributed by atoms with E-state index in [0.29, 0.717) is 5.92 Å². The van der Waals surface area contributed by atoms with Crippen LogP contribution in [0.1, 0.15) is 54.4 Å². The predicted octanol–water partition coefficient (Wildman–Crippen LogP) is 4.75. The number of rotatable bonds is 7. The molecule has 0 saturated carbocycles. The average molecular weight is 287 g/mol. The van der Waals surface area contributed by atoms with E-state index in [0.717, 1.165) is 18.4 Å². The van der Waals surface area contributed by atoms with Crippen LogP contribution in [-0.4, -0.2) is 26.1 Å². The Balaban J connectivity index is 4.93. The van der Waals surface area contributed by atoms with Crippen LogP contribution in [0, 0.1) is 5.92 Å². The van der Waals surface area contributed by atoms with Crippen LogP contribution in [-0.2, 0) is 4.43 Å². The van der Waals surface area contributed by atoms with Crippen LogP contribution in [0.15, 0.2) is 11.6 Å². The number of aliphatic hydroxyl groups is 1. The third-order valence-electron chi connectivity index (χ3n) is 4.21. The topological polar surface area (TPSA) is 29.5 Å². The molecule has 19 heavy (non-hydrogen) atoms. The molecule has 0 heterocycles. The van der Waals surface area contributed by atoms with Crippen molar-refractivity contribution in [2.45, 2.75) is 78.6 Å². The van der Waals surface area contributed by atoms with Gasteiger partial charge >= 0.3 is 0 Å². The Labute approximate surface area is 121 Å². The van der Waals surface area contributed by atoms with Crippen molar-refractivity contribution >= 4 is 8.32 Å². The van der Waals surface area contributed by atoms with E-state index in [2.05, 4.69) is 53.8 Å². The largest absolute Gasteiger partial charge is 0.413 e. The van der Waals surface area contributed by atoms with Crippen LogP contribution in [0.5, 0.6) is 0 Å². The Bertz CT molecular complexity index is 290. The summed E-state index contributed by atoms with van der Waals surface area (Å²) in [5.41, 5.74) is 1.03. The lowest BCUT2D eigenvalue weighted by atomic mass is 9.98. The lowest BCUT2D eigenvalue weighted by Crippen LogP contribution is -2.45. The van der Waals surface area contributed by atoms with Crippen molar-refractivity contribution in [1.82, 2.24) is 0 Å². The van der Waals surface area contributed by atoms with E-state index in [1.807, 2.05) is 6.92 Å². The Morgan fingerprint density at radius 1 is 1.32 bits per heavy atom. The summed E-state index contributed by atoms with van der Waals surface area (Å²) < 4.78 is 6.56. The van der Waals surface area contributed by atoms with Gasteiger partial charge in [0, 0.05) is 0 Å². The smallest absolute Gasteiger partial charge is 0.192 e. The quantitative estimate of drug-likeness (QED) is 0.540. The van der Waals surface area contributed by atoms with E-state index < -0.39 is 8.32 Å². The first kappa shape index (κ1) is 18.9. The number of hydrogen-bond donors (Lipinski definition) is 1. The highest BCUT2D eigenvalue weighted by atomic mass is 28.4. The molecule has 0 rings (SSSR count). The summed E-state index contributed by atoms with van der Waals surface area (Å²) in [6.07, 6.45) is 4.65. The minimum absolute atomic E-state index is 0.142. The second-order valence-electron chi connectivity index (χ2n) is 7.24. The second-order valence-corrected chi connectivity index (χ2v) is 12.0. The summed E-state index contributed by atoms with van der Waals surface area (Å²) in [7, 11) is -1.72. The molecule has 0 spiro atoms. The first-order valence-electron chi connectivity index (χ1n) is 7.51. The van der Waals surface area contributed by atoms with Crippen molar-refractivity contribution in [3.63, 3.8) is 0 Å². The Hall–Kier alpha value is -0.123. The van der Waals surface area contributed by atoms with Crippen LogP contribution >= 0.6 is 0 Å². The molecular weight excluding hydrogens is 252 g/mol. The first-order chi connectivity index (χ1) is 8.55. The predicted molar refractivity (Wildman–Crippen MR) is 87.0 cm³/mol. The van der Waals surface area contributed by atoms with Gasteiger partial charge in [0.25, 0.3) is 0 Å². The van der Waals surface area contributed by atoms with Gasteiger partial charge in [0.15, 0.2) is 8.32 Å². The maximum absolute atomic E-state index is 9.16. The van der Waals surface area contributed by atoms with Crippen molar-refractivity contribution in [2.75, 3.05) is 6.61 Å². The zero-order valence-corrected chi connectivity index (χ0v) is 15.2. The highest BCUT2D eigenvalue weighted by molar-refractivity contribution is 6.74. The summed E-state index contributed by atoms with van der Waals surface area (Å²) in [5, 5.41) is 9.40. The van der Waals surface area contributed by atoms with E-state index in [9.17, 15) is 0 Å². The maximum Gasteiger partial charge on any atom is 0.192 e. The van der Waals surface area contributed by atoms with Crippen LogP contribution < -0.4 is 0 Å². The summed E-state index contributed by atoms with van der Waals surface area (Å²) in [6.45, 7) is 18.0. The zero-order chi connectivity index (χ0) is 15.3. The van der Waals surface area contributed by atoms with E-state index in [1.54, 1.807) is 0 Å². The fourth-order valence-electron chi connectivity index (χ4n) is 1.88. The van der Waals surface area contributed by atoms with E-state index in [1.165, 1.54) is 0 Å². The summed E-state index contributed by atoms with van der Waals surface area (Å²) in [4.78, 5) is 0. The molecule has 0 aliphatic rings. The molecule has 114 valence electrons. The molecule has 0 bridgehead atoms. The number of hydrogen-bond acceptors (Lipinski definition) is 2. The van der Waals surface area contributed by atoms with E-state index in [-0.39, 0.29) is 17.7 Å². The fourth-order valence-corrected chi connectivity index (χ4v) is 3.32. The molecule has 0 unspecified atom stereocenters. The van der Waals surface area contributed by atoms with Gasteiger partial charge in [-0.25, -0.2) is 0 Å². The Kier molecular flexibility index (Phi) is 7.55. The van der Waals surface area contributed by atoms with Crippen LogP contribution in [0.4, 0.5) is 0 Å².